The summed E-state index contributed by atoms with van der Waals surface area (Å²) in [4.78, 5) is 22.2. The number of rotatable bonds is 7. The van der Waals surface area contributed by atoms with Crippen LogP contribution in [0.1, 0.15) is 39.5 Å². The maximum Gasteiger partial charge on any atom is 0.303 e. The van der Waals surface area contributed by atoms with E-state index in [1.807, 2.05) is 13.8 Å². The first kappa shape index (κ1) is 14.0. The Labute approximate surface area is 102 Å². The average molecular weight is 243 g/mol. The van der Waals surface area contributed by atoms with Crippen molar-refractivity contribution in [3.63, 3.8) is 0 Å². The van der Waals surface area contributed by atoms with E-state index >= 15 is 0 Å². The highest BCUT2D eigenvalue weighted by molar-refractivity contribution is 5.77. The van der Waals surface area contributed by atoms with E-state index in [0.717, 1.165) is 19.3 Å². The van der Waals surface area contributed by atoms with Crippen LogP contribution >= 0.6 is 0 Å². The van der Waals surface area contributed by atoms with E-state index in [0.29, 0.717) is 6.54 Å². The van der Waals surface area contributed by atoms with Crippen LogP contribution < -0.4 is 5.32 Å². The molecule has 1 rings (SSSR count). The SMILES string of the molecule is CC(C)OCC(=O)NCC1(CC(=O)O)CCC1. The Kier molecular flexibility index (Phi) is 4.93. The van der Waals surface area contributed by atoms with Crippen molar-refractivity contribution in [2.75, 3.05) is 13.2 Å². The summed E-state index contributed by atoms with van der Waals surface area (Å²) in [6.45, 7) is 4.22. The number of carbonyl (C=O) groups excluding carboxylic acids is 1. The van der Waals surface area contributed by atoms with Crippen LogP contribution in [0.2, 0.25) is 0 Å². The Morgan fingerprint density at radius 1 is 1.41 bits per heavy atom. The minimum Gasteiger partial charge on any atom is -0.481 e. The van der Waals surface area contributed by atoms with E-state index in [2.05, 4.69) is 5.32 Å². The van der Waals surface area contributed by atoms with Gasteiger partial charge in [0.1, 0.15) is 6.61 Å². The van der Waals surface area contributed by atoms with Crippen LogP contribution in [0.25, 0.3) is 0 Å². The minimum absolute atomic E-state index is 0.0254. The van der Waals surface area contributed by atoms with E-state index in [9.17, 15) is 9.59 Å². The Morgan fingerprint density at radius 3 is 2.47 bits per heavy atom. The molecule has 5 nitrogen and oxygen atoms in total. The highest BCUT2D eigenvalue weighted by Crippen LogP contribution is 2.43. The Bertz CT molecular complexity index is 284. The van der Waals surface area contributed by atoms with Gasteiger partial charge >= 0.3 is 5.97 Å². The molecular weight excluding hydrogens is 222 g/mol. The zero-order valence-corrected chi connectivity index (χ0v) is 10.5. The number of aliphatic carboxylic acids is 1. The zero-order chi connectivity index (χ0) is 12.9. The molecule has 98 valence electrons. The first-order chi connectivity index (χ1) is 7.93. The van der Waals surface area contributed by atoms with Gasteiger partial charge in [0.15, 0.2) is 0 Å². The molecule has 0 aromatic carbocycles. The standard InChI is InChI=1S/C12H21NO4/c1-9(2)17-7-10(14)13-8-12(4-3-5-12)6-11(15)16/h9H,3-8H2,1-2H3,(H,13,14)(H,15,16). The second kappa shape index (κ2) is 6.00. The third kappa shape index (κ3) is 4.73. The van der Waals surface area contributed by atoms with Gasteiger partial charge in [0.2, 0.25) is 5.91 Å². The maximum atomic E-state index is 11.4. The molecule has 2 N–H and O–H groups in total. The second-order valence-corrected chi connectivity index (χ2v) is 5.06. The molecule has 0 aromatic rings. The van der Waals surface area contributed by atoms with Gasteiger partial charge in [-0.05, 0) is 32.1 Å². The summed E-state index contributed by atoms with van der Waals surface area (Å²) in [6.07, 6.45) is 2.97. The molecule has 1 saturated carbocycles. The van der Waals surface area contributed by atoms with Gasteiger partial charge in [-0.1, -0.05) is 6.42 Å². The fourth-order valence-corrected chi connectivity index (χ4v) is 1.99. The normalized spacial score (nSPS) is 17.6. The molecular formula is C12H21NO4. The van der Waals surface area contributed by atoms with Gasteiger partial charge in [0.25, 0.3) is 0 Å². The molecule has 0 atom stereocenters. The number of nitrogens with one attached hydrogen (secondary N) is 1. The molecule has 5 heteroatoms. The highest BCUT2D eigenvalue weighted by Gasteiger charge is 2.39. The molecule has 0 saturated heterocycles. The highest BCUT2D eigenvalue weighted by atomic mass is 16.5. The van der Waals surface area contributed by atoms with Crippen molar-refractivity contribution in [2.24, 2.45) is 5.41 Å². The quantitative estimate of drug-likeness (QED) is 0.704. The molecule has 0 radical (unpaired) electrons. The van der Waals surface area contributed by atoms with Crippen LogP contribution in [0, 0.1) is 5.41 Å². The van der Waals surface area contributed by atoms with Crippen molar-refractivity contribution in [3.05, 3.63) is 0 Å². The predicted octanol–water partition coefficient (Wildman–Crippen LogP) is 1.17. The molecule has 0 aliphatic heterocycles. The topological polar surface area (TPSA) is 75.6 Å². The van der Waals surface area contributed by atoms with Crippen molar-refractivity contribution in [1.82, 2.24) is 5.32 Å². The van der Waals surface area contributed by atoms with E-state index in [4.69, 9.17) is 9.84 Å². The Balaban J connectivity index is 2.28. The lowest BCUT2D eigenvalue weighted by Crippen LogP contribution is -2.44. The van der Waals surface area contributed by atoms with Gasteiger partial charge in [-0.25, -0.2) is 0 Å². The summed E-state index contributed by atoms with van der Waals surface area (Å²) >= 11 is 0. The summed E-state index contributed by atoms with van der Waals surface area (Å²) in [7, 11) is 0. The lowest BCUT2D eigenvalue weighted by Gasteiger charge is -2.40. The number of hydrogen-bond donors (Lipinski definition) is 2. The van der Waals surface area contributed by atoms with Crippen molar-refractivity contribution >= 4 is 11.9 Å². The Hall–Kier alpha value is -1.10. The van der Waals surface area contributed by atoms with Crippen LogP contribution in [-0.4, -0.2) is 36.2 Å². The number of carboxylic acids is 1. The Morgan fingerprint density at radius 2 is 2.06 bits per heavy atom. The van der Waals surface area contributed by atoms with E-state index in [-0.39, 0.29) is 30.5 Å². The van der Waals surface area contributed by atoms with Gasteiger partial charge in [0, 0.05) is 6.54 Å². The van der Waals surface area contributed by atoms with Crippen LogP contribution in [0.5, 0.6) is 0 Å². The summed E-state index contributed by atoms with van der Waals surface area (Å²) in [5.74, 6) is -0.965. The molecule has 0 aromatic heterocycles. The average Bonchev–Trinajstić information content (AvgIpc) is 2.18. The molecule has 1 aliphatic rings. The molecule has 1 amide bonds. The van der Waals surface area contributed by atoms with Crippen molar-refractivity contribution in [3.8, 4) is 0 Å². The number of carbonyl (C=O) groups is 2. The first-order valence-corrected chi connectivity index (χ1v) is 6.04. The summed E-state index contributed by atoms with van der Waals surface area (Å²) in [6, 6.07) is 0. The largest absolute Gasteiger partial charge is 0.481 e. The van der Waals surface area contributed by atoms with Crippen LogP contribution in [-0.2, 0) is 14.3 Å². The third-order valence-corrected chi connectivity index (χ3v) is 3.15. The number of ether oxygens (including phenoxy) is 1. The van der Waals surface area contributed by atoms with Gasteiger partial charge < -0.3 is 15.2 Å². The lowest BCUT2D eigenvalue weighted by atomic mass is 9.66. The molecule has 0 unspecified atom stereocenters. The molecule has 1 aliphatic carbocycles. The smallest absolute Gasteiger partial charge is 0.303 e. The van der Waals surface area contributed by atoms with E-state index in [1.165, 1.54) is 0 Å². The summed E-state index contributed by atoms with van der Waals surface area (Å²) < 4.78 is 5.17. The number of carboxylic acid groups (broad SMARTS) is 1. The van der Waals surface area contributed by atoms with E-state index < -0.39 is 5.97 Å². The minimum atomic E-state index is -0.794. The first-order valence-electron chi connectivity index (χ1n) is 6.04. The van der Waals surface area contributed by atoms with Gasteiger partial charge in [-0.15, -0.1) is 0 Å². The van der Waals surface area contributed by atoms with Crippen LogP contribution in [0.15, 0.2) is 0 Å². The fourth-order valence-electron chi connectivity index (χ4n) is 1.99. The molecule has 17 heavy (non-hydrogen) atoms. The maximum absolute atomic E-state index is 11.4. The number of amides is 1. The fraction of sp³-hybridized carbons (Fsp3) is 0.833. The summed E-state index contributed by atoms with van der Waals surface area (Å²) in [5.41, 5.74) is -0.223. The zero-order valence-electron chi connectivity index (χ0n) is 10.5. The second-order valence-electron chi connectivity index (χ2n) is 5.06. The van der Waals surface area contributed by atoms with Gasteiger partial charge in [-0.2, -0.15) is 0 Å². The molecule has 0 heterocycles. The van der Waals surface area contributed by atoms with Crippen LogP contribution in [0.3, 0.4) is 0 Å². The van der Waals surface area contributed by atoms with Gasteiger partial charge in [-0.3, -0.25) is 9.59 Å². The summed E-state index contributed by atoms with van der Waals surface area (Å²) in [5, 5.41) is 11.6. The van der Waals surface area contributed by atoms with Crippen molar-refractivity contribution in [1.29, 1.82) is 0 Å². The van der Waals surface area contributed by atoms with Gasteiger partial charge in [0.05, 0.1) is 12.5 Å². The predicted molar refractivity (Wildman–Crippen MR) is 62.6 cm³/mol. The number of hydrogen-bond acceptors (Lipinski definition) is 3. The van der Waals surface area contributed by atoms with Crippen molar-refractivity contribution < 1.29 is 19.4 Å². The molecule has 0 bridgehead atoms. The van der Waals surface area contributed by atoms with Crippen molar-refractivity contribution in [2.45, 2.75) is 45.6 Å². The monoisotopic (exact) mass is 243 g/mol. The third-order valence-electron chi connectivity index (χ3n) is 3.15. The van der Waals surface area contributed by atoms with Crippen LogP contribution in [0.4, 0.5) is 0 Å². The molecule has 0 spiro atoms. The lowest BCUT2D eigenvalue weighted by molar-refractivity contribution is -0.142. The molecule has 1 fully saturated rings. The van der Waals surface area contributed by atoms with E-state index in [1.54, 1.807) is 0 Å².